The fourth-order valence-electron chi connectivity index (χ4n) is 1.76. The highest BCUT2D eigenvalue weighted by molar-refractivity contribution is 4.59. The fraction of sp³-hybridized carbons (Fsp3) is 1.00. The molecule has 0 aromatic heterocycles. The topological polar surface area (TPSA) is 67.4 Å². The van der Waals surface area contributed by atoms with Crippen molar-refractivity contribution in [2.24, 2.45) is 0 Å². The molecule has 126 valence electrons. The maximum atomic E-state index is 5.71. The minimum absolute atomic E-state index is 0.0251. The van der Waals surface area contributed by atoms with Gasteiger partial charge in [0.25, 0.3) is 0 Å². The molecule has 1 aliphatic rings. The van der Waals surface area contributed by atoms with Crippen LogP contribution >= 0.6 is 0 Å². The smallest absolute Gasteiger partial charge is 0.0933 e. The van der Waals surface area contributed by atoms with Gasteiger partial charge in [0.2, 0.25) is 0 Å². The van der Waals surface area contributed by atoms with Crippen molar-refractivity contribution in [1.82, 2.24) is 5.32 Å². The van der Waals surface area contributed by atoms with Crippen LogP contribution < -0.4 is 5.32 Å². The summed E-state index contributed by atoms with van der Waals surface area (Å²) in [6.45, 7) is 6.97. The Labute approximate surface area is 127 Å². The van der Waals surface area contributed by atoms with Gasteiger partial charge in [-0.15, -0.1) is 0 Å². The molecule has 7 heteroatoms. The molecule has 0 saturated carbocycles. The minimum atomic E-state index is 0.0251. The third-order valence-electron chi connectivity index (χ3n) is 2.80. The van der Waals surface area contributed by atoms with Crippen LogP contribution in [0.25, 0.3) is 0 Å². The lowest BCUT2D eigenvalue weighted by atomic mass is 10.4. The van der Waals surface area contributed by atoms with Crippen LogP contribution in [-0.4, -0.2) is 92.4 Å². The average Bonchev–Trinajstić information content (AvgIpc) is 2.49. The van der Waals surface area contributed by atoms with Crippen LogP contribution in [0.1, 0.15) is 0 Å². The van der Waals surface area contributed by atoms with Gasteiger partial charge in [0.15, 0.2) is 0 Å². The molecule has 1 rings (SSSR count). The van der Waals surface area contributed by atoms with E-state index in [0.717, 1.165) is 6.54 Å². The molecule has 0 aromatic carbocycles. The lowest BCUT2D eigenvalue weighted by Crippen LogP contribution is -2.32. The first-order valence-electron chi connectivity index (χ1n) is 7.58. The summed E-state index contributed by atoms with van der Waals surface area (Å²) in [5, 5.41) is 3.09. The van der Waals surface area contributed by atoms with E-state index in [9.17, 15) is 0 Å². The minimum Gasteiger partial charge on any atom is -0.377 e. The molecule has 1 aliphatic heterocycles. The van der Waals surface area contributed by atoms with Crippen molar-refractivity contribution in [3.05, 3.63) is 0 Å². The predicted octanol–water partition coefficient (Wildman–Crippen LogP) is -0.312. The van der Waals surface area contributed by atoms with Crippen LogP contribution in [0, 0.1) is 0 Å². The van der Waals surface area contributed by atoms with Gasteiger partial charge in [0.05, 0.1) is 78.8 Å². The van der Waals surface area contributed by atoms with Gasteiger partial charge in [-0.25, -0.2) is 0 Å². The number of likely N-dealkylation sites (N-methyl/N-ethyl adjacent to an activating group) is 1. The molecule has 1 heterocycles. The highest BCUT2D eigenvalue weighted by Crippen LogP contribution is 1.94. The standard InChI is InChI=1S/C14H29NO6/c1-15-12-14-13-20-9-8-18-5-4-16-2-3-17-6-7-19-10-11-21-14/h14-15H,2-13H2,1H3. The zero-order chi connectivity index (χ0) is 15.0. The highest BCUT2D eigenvalue weighted by Gasteiger charge is 2.08. The largest absolute Gasteiger partial charge is 0.377 e. The molecule has 0 radical (unpaired) electrons. The first-order chi connectivity index (χ1) is 10.4. The summed E-state index contributed by atoms with van der Waals surface area (Å²) in [6, 6.07) is 0. The van der Waals surface area contributed by atoms with Crippen LogP contribution in [0.2, 0.25) is 0 Å². The SMILES string of the molecule is CNCC1COCCOCCOCCOCCOCCO1. The maximum absolute atomic E-state index is 5.71. The van der Waals surface area contributed by atoms with Crippen molar-refractivity contribution < 1.29 is 28.4 Å². The second kappa shape index (κ2) is 14.6. The maximum Gasteiger partial charge on any atom is 0.0933 e. The molecule has 0 aromatic rings. The first-order valence-corrected chi connectivity index (χ1v) is 7.58. The Hall–Kier alpha value is -0.280. The molecule has 7 nitrogen and oxygen atoms in total. The summed E-state index contributed by atoms with van der Waals surface area (Å²) < 4.78 is 32.9. The Bertz CT molecular complexity index is 202. The van der Waals surface area contributed by atoms with Crippen molar-refractivity contribution >= 4 is 0 Å². The Kier molecular flexibility index (Phi) is 13.1. The van der Waals surface area contributed by atoms with E-state index in [-0.39, 0.29) is 6.10 Å². The quantitative estimate of drug-likeness (QED) is 0.750. The van der Waals surface area contributed by atoms with Gasteiger partial charge in [-0.2, -0.15) is 0 Å². The van der Waals surface area contributed by atoms with Gasteiger partial charge >= 0.3 is 0 Å². The lowest BCUT2D eigenvalue weighted by molar-refractivity contribution is -0.0590. The van der Waals surface area contributed by atoms with E-state index < -0.39 is 0 Å². The molecular formula is C14H29NO6. The Morgan fingerprint density at radius 1 is 0.667 bits per heavy atom. The van der Waals surface area contributed by atoms with Gasteiger partial charge in [-0.05, 0) is 7.05 Å². The second-order valence-corrected chi connectivity index (χ2v) is 4.57. The van der Waals surface area contributed by atoms with Crippen molar-refractivity contribution in [3.8, 4) is 0 Å². The van der Waals surface area contributed by atoms with Gasteiger partial charge < -0.3 is 33.7 Å². The average molecular weight is 307 g/mol. The Balaban J connectivity index is 2.18. The van der Waals surface area contributed by atoms with Crippen LogP contribution in [0.3, 0.4) is 0 Å². The summed E-state index contributed by atoms with van der Waals surface area (Å²) in [7, 11) is 1.89. The van der Waals surface area contributed by atoms with Crippen molar-refractivity contribution in [1.29, 1.82) is 0 Å². The number of hydrogen-bond acceptors (Lipinski definition) is 7. The van der Waals surface area contributed by atoms with E-state index in [1.54, 1.807) is 0 Å². The molecule has 1 saturated heterocycles. The van der Waals surface area contributed by atoms with E-state index in [4.69, 9.17) is 28.4 Å². The molecule has 1 N–H and O–H groups in total. The van der Waals surface area contributed by atoms with Crippen LogP contribution in [0.4, 0.5) is 0 Å². The normalized spacial score (nSPS) is 25.9. The molecule has 1 fully saturated rings. The zero-order valence-electron chi connectivity index (χ0n) is 13.0. The van der Waals surface area contributed by atoms with Crippen molar-refractivity contribution in [3.63, 3.8) is 0 Å². The number of ether oxygens (including phenoxy) is 6. The van der Waals surface area contributed by atoms with Crippen molar-refractivity contribution in [2.45, 2.75) is 6.10 Å². The van der Waals surface area contributed by atoms with E-state index in [0.29, 0.717) is 72.7 Å². The zero-order valence-corrected chi connectivity index (χ0v) is 13.0. The van der Waals surface area contributed by atoms with E-state index >= 15 is 0 Å². The summed E-state index contributed by atoms with van der Waals surface area (Å²) in [4.78, 5) is 0. The van der Waals surface area contributed by atoms with Gasteiger partial charge in [0.1, 0.15) is 0 Å². The van der Waals surface area contributed by atoms with Crippen LogP contribution in [0.15, 0.2) is 0 Å². The lowest BCUT2D eigenvalue weighted by Gasteiger charge is -2.18. The molecule has 1 atom stereocenters. The monoisotopic (exact) mass is 307 g/mol. The molecule has 21 heavy (non-hydrogen) atoms. The van der Waals surface area contributed by atoms with Gasteiger partial charge in [-0.3, -0.25) is 0 Å². The Morgan fingerprint density at radius 2 is 1.10 bits per heavy atom. The Morgan fingerprint density at radius 3 is 1.57 bits per heavy atom. The summed E-state index contributed by atoms with van der Waals surface area (Å²) in [5.41, 5.74) is 0. The van der Waals surface area contributed by atoms with Crippen molar-refractivity contribution in [2.75, 3.05) is 86.3 Å². The van der Waals surface area contributed by atoms with Crippen LogP contribution in [-0.2, 0) is 28.4 Å². The van der Waals surface area contributed by atoms with Gasteiger partial charge in [0, 0.05) is 6.54 Å². The molecule has 1 unspecified atom stereocenters. The summed E-state index contributed by atoms with van der Waals surface area (Å²) in [6.07, 6.45) is 0.0251. The summed E-state index contributed by atoms with van der Waals surface area (Å²) in [5.74, 6) is 0. The number of nitrogens with one attached hydrogen (secondary N) is 1. The van der Waals surface area contributed by atoms with E-state index in [1.807, 2.05) is 7.05 Å². The molecule has 0 amide bonds. The third-order valence-corrected chi connectivity index (χ3v) is 2.80. The third kappa shape index (κ3) is 12.0. The van der Waals surface area contributed by atoms with E-state index in [1.165, 1.54) is 0 Å². The molecule has 0 bridgehead atoms. The molecule has 0 aliphatic carbocycles. The second-order valence-electron chi connectivity index (χ2n) is 4.57. The predicted molar refractivity (Wildman–Crippen MR) is 77.8 cm³/mol. The molecular weight excluding hydrogens is 278 g/mol. The fourth-order valence-corrected chi connectivity index (χ4v) is 1.76. The highest BCUT2D eigenvalue weighted by atomic mass is 16.6. The van der Waals surface area contributed by atoms with E-state index in [2.05, 4.69) is 5.32 Å². The number of rotatable bonds is 2. The summed E-state index contributed by atoms with van der Waals surface area (Å²) >= 11 is 0. The molecule has 0 spiro atoms. The first kappa shape index (κ1) is 18.8. The van der Waals surface area contributed by atoms with Crippen LogP contribution in [0.5, 0.6) is 0 Å². The number of hydrogen-bond donors (Lipinski definition) is 1. The van der Waals surface area contributed by atoms with Gasteiger partial charge in [-0.1, -0.05) is 0 Å².